The Balaban J connectivity index is 2.66. The molecule has 0 aliphatic heterocycles. The molecule has 0 spiro atoms. The van der Waals surface area contributed by atoms with E-state index in [1.807, 2.05) is 0 Å². The fourth-order valence-corrected chi connectivity index (χ4v) is 1.39. The predicted molar refractivity (Wildman–Crippen MR) is 69.2 cm³/mol. The van der Waals surface area contributed by atoms with E-state index in [1.165, 1.54) is 6.07 Å². The van der Waals surface area contributed by atoms with Crippen LogP contribution in [0.5, 0.6) is 5.75 Å². The number of hydrogen-bond donors (Lipinski definition) is 0. The van der Waals surface area contributed by atoms with Crippen LogP contribution in [-0.2, 0) is 9.53 Å². The Kier molecular flexibility index (Phi) is 4.47. The van der Waals surface area contributed by atoms with Gasteiger partial charge in [0.2, 0.25) is 0 Å². The number of rotatable bonds is 4. The van der Waals surface area contributed by atoms with Gasteiger partial charge in [-0.15, -0.1) is 0 Å². The second-order valence-electron chi connectivity index (χ2n) is 5.08. The molecule has 104 valence electrons. The van der Waals surface area contributed by atoms with Crippen molar-refractivity contribution in [3.8, 4) is 5.75 Å². The lowest BCUT2D eigenvalue weighted by Crippen LogP contribution is -2.27. The number of aryl methyl sites for hydroxylation is 1. The lowest BCUT2D eigenvalue weighted by atomic mass is 10.2. The summed E-state index contributed by atoms with van der Waals surface area (Å²) >= 11 is 0. The zero-order valence-electron chi connectivity index (χ0n) is 11.4. The zero-order valence-corrected chi connectivity index (χ0v) is 11.4. The van der Waals surface area contributed by atoms with Crippen molar-refractivity contribution in [3.05, 3.63) is 33.9 Å². The summed E-state index contributed by atoms with van der Waals surface area (Å²) in [4.78, 5) is 21.7. The quantitative estimate of drug-likeness (QED) is 0.476. The van der Waals surface area contributed by atoms with Crippen molar-refractivity contribution >= 4 is 11.7 Å². The molecule has 0 aliphatic carbocycles. The van der Waals surface area contributed by atoms with Crippen molar-refractivity contribution < 1.29 is 19.2 Å². The number of carbonyl (C=O) groups is 1. The summed E-state index contributed by atoms with van der Waals surface area (Å²) in [6.07, 6.45) is 0. The van der Waals surface area contributed by atoms with Crippen molar-refractivity contribution in [3.63, 3.8) is 0 Å². The molecule has 0 saturated heterocycles. The highest BCUT2D eigenvalue weighted by molar-refractivity contribution is 5.71. The van der Waals surface area contributed by atoms with Gasteiger partial charge in [-0.25, -0.2) is 4.79 Å². The molecule has 0 atom stereocenters. The summed E-state index contributed by atoms with van der Waals surface area (Å²) < 4.78 is 10.2. The molecule has 0 unspecified atom stereocenters. The molecule has 0 fully saturated rings. The lowest BCUT2D eigenvalue weighted by molar-refractivity contribution is -0.385. The first-order valence-corrected chi connectivity index (χ1v) is 5.79. The van der Waals surface area contributed by atoms with E-state index in [-0.39, 0.29) is 18.0 Å². The molecular formula is C13H17NO5. The van der Waals surface area contributed by atoms with Gasteiger partial charge in [0, 0.05) is 5.56 Å². The molecule has 0 aliphatic rings. The second kappa shape index (κ2) is 5.69. The minimum absolute atomic E-state index is 0.0401. The Bertz CT molecular complexity index is 490. The van der Waals surface area contributed by atoms with Gasteiger partial charge in [-0.1, -0.05) is 0 Å². The first kappa shape index (κ1) is 14.9. The molecule has 1 aromatic rings. The van der Waals surface area contributed by atoms with E-state index < -0.39 is 16.5 Å². The third-order valence-electron chi connectivity index (χ3n) is 2.15. The Hall–Kier alpha value is -2.11. The van der Waals surface area contributed by atoms with Gasteiger partial charge in [-0.05, 0) is 39.8 Å². The van der Waals surface area contributed by atoms with E-state index >= 15 is 0 Å². The van der Waals surface area contributed by atoms with E-state index in [0.717, 1.165) is 0 Å². The number of carbonyl (C=O) groups excluding carboxylic acids is 1. The van der Waals surface area contributed by atoms with Crippen molar-refractivity contribution in [2.75, 3.05) is 6.61 Å². The Labute approximate surface area is 111 Å². The van der Waals surface area contributed by atoms with Crippen LogP contribution in [0.2, 0.25) is 0 Å². The molecule has 0 aromatic heterocycles. The minimum Gasteiger partial charge on any atom is -0.482 e. The van der Waals surface area contributed by atoms with E-state index in [4.69, 9.17) is 9.47 Å². The molecule has 1 aromatic carbocycles. The summed E-state index contributed by atoms with van der Waals surface area (Å²) in [5.74, 6) is -0.251. The van der Waals surface area contributed by atoms with Gasteiger partial charge in [0.1, 0.15) is 11.4 Å². The van der Waals surface area contributed by atoms with Gasteiger partial charge in [0.25, 0.3) is 5.69 Å². The van der Waals surface area contributed by atoms with Crippen LogP contribution in [0, 0.1) is 17.0 Å². The summed E-state index contributed by atoms with van der Waals surface area (Å²) in [6, 6.07) is 4.44. The molecular weight excluding hydrogens is 250 g/mol. The number of nitro groups is 1. The van der Waals surface area contributed by atoms with Gasteiger partial charge < -0.3 is 9.47 Å². The van der Waals surface area contributed by atoms with Crippen LogP contribution < -0.4 is 4.74 Å². The first-order valence-electron chi connectivity index (χ1n) is 5.79. The molecule has 19 heavy (non-hydrogen) atoms. The van der Waals surface area contributed by atoms with Crippen LogP contribution in [-0.4, -0.2) is 23.1 Å². The van der Waals surface area contributed by atoms with Crippen LogP contribution in [0.15, 0.2) is 18.2 Å². The number of ether oxygens (including phenoxy) is 2. The van der Waals surface area contributed by atoms with E-state index in [9.17, 15) is 14.9 Å². The molecule has 1 rings (SSSR count). The molecule has 0 bridgehead atoms. The highest BCUT2D eigenvalue weighted by atomic mass is 16.6. The smallest absolute Gasteiger partial charge is 0.344 e. The number of esters is 1. The average molecular weight is 267 g/mol. The van der Waals surface area contributed by atoms with Gasteiger partial charge >= 0.3 is 5.97 Å². The molecule has 6 heteroatoms. The van der Waals surface area contributed by atoms with Crippen LogP contribution in [0.4, 0.5) is 5.69 Å². The summed E-state index contributed by atoms with van der Waals surface area (Å²) in [5.41, 5.74) is -0.0870. The van der Waals surface area contributed by atoms with Crippen molar-refractivity contribution in [1.29, 1.82) is 0 Å². The van der Waals surface area contributed by atoms with E-state index in [1.54, 1.807) is 39.8 Å². The standard InChI is InChI=1S/C13H17NO5/c1-9-5-6-10(7-11(9)14(16)17)18-8-12(15)19-13(2,3)4/h5-7H,8H2,1-4H3. The Morgan fingerprint density at radius 3 is 2.53 bits per heavy atom. The number of benzene rings is 1. The summed E-state index contributed by atoms with van der Waals surface area (Å²) in [5, 5.41) is 10.8. The maximum atomic E-state index is 11.4. The van der Waals surface area contributed by atoms with Crippen LogP contribution in [0.1, 0.15) is 26.3 Å². The first-order chi connectivity index (χ1) is 8.69. The van der Waals surface area contributed by atoms with Crippen molar-refractivity contribution in [1.82, 2.24) is 0 Å². The van der Waals surface area contributed by atoms with Crippen molar-refractivity contribution in [2.24, 2.45) is 0 Å². The van der Waals surface area contributed by atoms with Crippen molar-refractivity contribution in [2.45, 2.75) is 33.3 Å². The van der Waals surface area contributed by atoms with Gasteiger partial charge in [-0.3, -0.25) is 10.1 Å². The number of nitrogens with zero attached hydrogens (tertiary/aromatic N) is 1. The third kappa shape index (κ3) is 4.95. The van der Waals surface area contributed by atoms with Crippen LogP contribution in [0.25, 0.3) is 0 Å². The number of hydrogen-bond acceptors (Lipinski definition) is 5. The summed E-state index contributed by atoms with van der Waals surface area (Å²) in [7, 11) is 0. The molecule has 0 amide bonds. The fraction of sp³-hybridized carbons (Fsp3) is 0.462. The van der Waals surface area contributed by atoms with Crippen LogP contribution in [0.3, 0.4) is 0 Å². The highest BCUT2D eigenvalue weighted by Crippen LogP contribution is 2.23. The Morgan fingerprint density at radius 2 is 2.00 bits per heavy atom. The topological polar surface area (TPSA) is 78.7 Å². The monoisotopic (exact) mass is 267 g/mol. The molecule has 0 N–H and O–H groups in total. The highest BCUT2D eigenvalue weighted by Gasteiger charge is 2.17. The second-order valence-corrected chi connectivity index (χ2v) is 5.08. The average Bonchev–Trinajstić information content (AvgIpc) is 2.25. The molecule has 0 radical (unpaired) electrons. The zero-order chi connectivity index (χ0) is 14.6. The van der Waals surface area contributed by atoms with Gasteiger partial charge in [0.05, 0.1) is 11.0 Å². The van der Waals surface area contributed by atoms with Gasteiger partial charge in [0.15, 0.2) is 6.61 Å². The number of nitro benzene ring substituents is 1. The SMILES string of the molecule is Cc1ccc(OCC(=O)OC(C)(C)C)cc1[N+](=O)[O-]. The van der Waals surface area contributed by atoms with Crippen LogP contribution >= 0.6 is 0 Å². The maximum absolute atomic E-state index is 11.4. The van der Waals surface area contributed by atoms with E-state index in [0.29, 0.717) is 5.56 Å². The Morgan fingerprint density at radius 1 is 1.37 bits per heavy atom. The fourth-order valence-electron chi connectivity index (χ4n) is 1.39. The maximum Gasteiger partial charge on any atom is 0.344 e. The minimum atomic E-state index is -0.584. The lowest BCUT2D eigenvalue weighted by Gasteiger charge is -2.19. The predicted octanol–water partition coefficient (Wildman–Crippen LogP) is 2.62. The largest absolute Gasteiger partial charge is 0.482 e. The third-order valence-corrected chi connectivity index (χ3v) is 2.15. The van der Waals surface area contributed by atoms with Gasteiger partial charge in [-0.2, -0.15) is 0 Å². The normalized spacial score (nSPS) is 10.9. The summed E-state index contributed by atoms with van der Waals surface area (Å²) in [6.45, 7) is 6.61. The van der Waals surface area contributed by atoms with E-state index in [2.05, 4.69) is 0 Å². The molecule has 0 heterocycles. The molecule has 6 nitrogen and oxygen atoms in total. The molecule has 0 saturated carbocycles.